The average molecular weight is 1620 g/mol. The molecule has 0 atom stereocenters. The second-order valence-corrected chi connectivity index (χ2v) is 35.4. The molecule has 4 heterocycles. The lowest BCUT2D eigenvalue weighted by atomic mass is 9.67. The van der Waals surface area contributed by atoms with Crippen LogP contribution in [-0.4, -0.2) is 4.57 Å². The Kier molecular flexibility index (Phi) is 17.2. The molecular weight excluding hydrogens is 1540 g/mol. The van der Waals surface area contributed by atoms with Gasteiger partial charge in [0, 0.05) is 118 Å². The lowest BCUT2D eigenvalue weighted by molar-refractivity contribution is 0.653. The zero-order chi connectivity index (χ0) is 82.1. The number of rotatable bonds is 13. The van der Waals surface area contributed by atoms with E-state index < -0.39 is 5.41 Å². The van der Waals surface area contributed by atoms with E-state index in [4.69, 9.17) is 4.42 Å². The second kappa shape index (κ2) is 29.3. The van der Waals surface area contributed by atoms with Crippen molar-refractivity contribution in [1.29, 1.82) is 0 Å². The first-order valence-electron chi connectivity index (χ1n) is 42.7. The monoisotopic (exact) mass is 1620 g/mol. The van der Waals surface area contributed by atoms with Gasteiger partial charge in [0.05, 0.1) is 16.4 Å². The van der Waals surface area contributed by atoms with Crippen LogP contribution in [0.1, 0.15) is 47.2 Å². The first-order valence-corrected chi connectivity index (χ1v) is 44.3. The summed E-state index contributed by atoms with van der Waals surface area (Å²) >= 11 is 3.80. The highest BCUT2D eigenvalue weighted by Crippen LogP contribution is 2.61. The molecule has 124 heavy (non-hydrogen) atoms. The number of nitrogens with zero attached hydrogens (tertiary/aromatic N) is 3. The molecule has 6 heteroatoms. The Morgan fingerprint density at radius 2 is 0.669 bits per heavy atom. The Morgan fingerprint density at radius 1 is 0.250 bits per heavy atom. The van der Waals surface area contributed by atoms with Crippen LogP contribution in [0.5, 0.6) is 0 Å². The van der Waals surface area contributed by atoms with Gasteiger partial charge in [-0.1, -0.05) is 335 Å². The van der Waals surface area contributed by atoms with Crippen molar-refractivity contribution < 1.29 is 4.42 Å². The zero-order valence-corrected chi connectivity index (χ0v) is 69.8. The Balaban J connectivity index is 0.000000140. The van der Waals surface area contributed by atoms with E-state index in [2.05, 4.69) is 465 Å². The van der Waals surface area contributed by atoms with E-state index in [1.54, 1.807) is 0 Å². The van der Waals surface area contributed by atoms with Gasteiger partial charge in [-0.15, -0.1) is 22.7 Å². The number of benzene rings is 19. The number of fused-ring (bicyclic) bond motifs is 20. The highest BCUT2D eigenvalue weighted by atomic mass is 32.1. The maximum absolute atomic E-state index is 6.61. The van der Waals surface area contributed by atoms with Gasteiger partial charge in [0.25, 0.3) is 0 Å². The number of aromatic nitrogens is 1. The lowest BCUT2D eigenvalue weighted by Crippen LogP contribution is -2.28. The Bertz CT molecular complexity index is 8050. The van der Waals surface area contributed by atoms with Gasteiger partial charge in [-0.05, 0) is 210 Å². The third-order valence-corrected chi connectivity index (χ3v) is 28.6. The molecule has 19 aromatic carbocycles. The smallest absolute Gasteiger partial charge is 0.143 e. The van der Waals surface area contributed by atoms with Crippen LogP contribution in [0.25, 0.3) is 157 Å². The van der Waals surface area contributed by atoms with Crippen LogP contribution in [0.15, 0.2) is 447 Å². The fourth-order valence-electron chi connectivity index (χ4n) is 20.3. The van der Waals surface area contributed by atoms with Gasteiger partial charge in [-0.25, -0.2) is 0 Å². The second-order valence-electron chi connectivity index (χ2n) is 33.3. The predicted octanol–water partition coefficient (Wildman–Crippen LogP) is 33.4. The fourth-order valence-corrected chi connectivity index (χ4v) is 22.8. The number of hydrogen-bond donors (Lipinski definition) is 0. The number of thiophene rings is 2. The fraction of sp³-hybridized carbons (Fsp3) is 0.0339. The van der Waals surface area contributed by atoms with Crippen molar-refractivity contribution in [2.75, 3.05) is 9.80 Å². The standard InChI is InChI=1S/C61H39NS2.C57H40N2O/c1-4-15-40(16-5-1)41-27-31-45(32-28-41)62(46-33-29-42(30-34-46)48-23-14-24-51-49-21-10-12-25-56(49)63-59(48)51)47-35-36-53-55(39-47)61(43-17-6-2-7-18-43,44-19-8-3-9-20-44)54-38-37-52-50-22-11-13-26-57(50)64-60(52)58(53)54;1-57(2)50-33-32-47-46-18-10-12-20-54(46)60-56(47)55(50)48-31-30-44(36-51(48)57)58(42-26-21-38(22-27-42)37-13-5-3-6-14-37)43-28-23-39(24-29-43)40-25-34-53-49(35-40)45-17-9-11-19-52(45)59(53)41-15-7-4-8-16-41/h1-39H;3-36H,1-2H3. The van der Waals surface area contributed by atoms with E-state index in [1.807, 2.05) is 28.7 Å². The van der Waals surface area contributed by atoms with Crippen molar-refractivity contribution in [1.82, 2.24) is 4.57 Å². The minimum absolute atomic E-state index is 0.219. The highest BCUT2D eigenvalue weighted by Gasteiger charge is 2.48. The third-order valence-electron chi connectivity index (χ3n) is 26.2. The summed E-state index contributed by atoms with van der Waals surface area (Å²) in [6.07, 6.45) is 0. The molecule has 0 fully saturated rings. The molecule has 0 saturated carbocycles. The van der Waals surface area contributed by atoms with Crippen LogP contribution in [0.2, 0.25) is 0 Å². The summed E-state index contributed by atoms with van der Waals surface area (Å²) in [4.78, 5) is 4.84. The highest BCUT2D eigenvalue weighted by molar-refractivity contribution is 7.26. The van der Waals surface area contributed by atoms with E-state index in [-0.39, 0.29) is 5.41 Å². The molecule has 0 unspecified atom stereocenters. The van der Waals surface area contributed by atoms with Crippen LogP contribution < -0.4 is 9.80 Å². The molecule has 4 aromatic heterocycles. The molecule has 0 amide bonds. The molecule has 0 aliphatic heterocycles. The molecule has 0 radical (unpaired) electrons. The van der Waals surface area contributed by atoms with Crippen molar-refractivity contribution in [3.8, 4) is 72.4 Å². The largest absolute Gasteiger partial charge is 0.455 e. The number of hydrogen-bond acceptors (Lipinski definition) is 5. The summed E-state index contributed by atoms with van der Waals surface area (Å²) in [5.74, 6) is 0. The zero-order valence-electron chi connectivity index (χ0n) is 68.2. The van der Waals surface area contributed by atoms with E-state index in [9.17, 15) is 0 Å². The van der Waals surface area contributed by atoms with Crippen LogP contribution in [0, 0.1) is 0 Å². The number of anilines is 6. The Hall–Kier alpha value is -15.2. The van der Waals surface area contributed by atoms with E-state index >= 15 is 0 Å². The maximum Gasteiger partial charge on any atom is 0.143 e. The van der Waals surface area contributed by atoms with Crippen molar-refractivity contribution in [3.05, 3.63) is 476 Å². The summed E-state index contributed by atoms with van der Waals surface area (Å²) < 4.78 is 14.3. The molecular formula is C118H79N3OS2. The number of furan rings is 1. The lowest BCUT2D eigenvalue weighted by Gasteiger charge is -2.35. The molecule has 0 spiro atoms. The van der Waals surface area contributed by atoms with Gasteiger partial charge in [0.2, 0.25) is 0 Å². The van der Waals surface area contributed by atoms with Gasteiger partial charge in [0.1, 0.15) is 11.2 Å². The maximum atomic E-state index is 6.61. The van der Waals surface area contributed by atoms with E-state index in [0.717, 1.165) is 50.7 Å². The van der Waals surface area contributed by atoms with Gasteiger partial charge in [0.15, 0.2) is 0 Å². The van der Waals surface area contributed by atoms with Crippen LogP contribution >= 0.6 is 22.7 Å². The van der Waals surface area contributed by atoms with Crippen LogP contribution in [-0.2, 0) is 10.8 Å². The molecule has 2 aliphatic carbocycles. The topological polar surface area (TPSA) is 24.6 Å². The molecule has 0 N–H and O–H groups in total. The average Bonchev–Trinajstić information content (AvgIpc) is 1.52. The van der Waals surface area contributed by atoms with Crippen molar-refractivity contribution in [3.63, 3.8) is 0 Å². The SMILES string of the molecule is CC1(C)c2cc(N(c3ccc(-c4ccccc4)cc3)c3ccc(-c4ccc5c(c4)c4ccccc4n5-c4ccccc4)cc3)ccc2-c2c1ccc1c2oc2ccccc21.c1ccc(-c2ccc(N(c3ccc(-c4cccc5c4sc4ccccc45)cc3)c3ccc4c(c3)C(c3ccccc3)(c3ccccc3)c3ccc5c(sc6ccccc65)c3-4)cc2)cc1. The quantitative estimate of drug-likeness (QED) is 0.115. The Labute approximate surface area is 727 Å². The summed E-state index contributed by atoms with van der Waals surface area (Å²) in [5, 5.41) is 10.1. The normalized spacial score (nSPS) is 12.9. The minimum Gasteiger partial charge on any atom is -0.455 e. The molecule has 2 aliphatic rings. The molecule has 0 saturated heterocycles. The molecule has 4 nitrogen and oxygen atoms in total. The molecule has 584 valence electrons. The summed E-state index contributed by atoms with van der Waals surface area (Å²) in [5.41, 5.74) is 33.8. The molecule has 25 rings (SSSR count). The van der Waals surface area contributed by atoms with Gasteiger partial charge < -0.3 is 18.8 Å². The van der Waals surface area contributed by atoms with Gasteiger partial charge in [-0.3, -0.25) is 0 Å². The van der Waals surface area contributed by atoms with Gasteiger partial charge >= 0.3 is 0 Å². The van der Waals surface area contributed by atoms with Gasteiger partial charge in [-0.2, -0.15) is 0 Å². The third kappa shape index (κ3) is 11.7. The molecule has 23 aromatic rings. The predicted molar refractivity (Wildman–Crippen MR) is 526 cm³/mol. The van der Waals surface area contributed by atoms with Crippen LogP contribution in [0.4, 0.5) is 34.1 Å². The molecule has 0 bridgehead atoms. The van der Waals surface area contributed by atoms with E-state index in [0.29, 0.717) is 0 Å². The first kappa shape index (κ1) is 72.8. The van der Waals surface area contributed by atoms with E-state index in [1.165, 1.54) is 173 Å². The first-order chi connectivity index (χ1) is 61.2. The summed E-state index contributed by atoms with van der Waals surface area (Å²) in [7, 11) is 0. The number of para-hydroxylation sites is 3. The van der Waals surface area contributed by atoms with Crippen molar-refractivity contribution >= 4 is 141 Å². The minimum atomic E-state index is -0.552. The van der Waals surface area contributed by atoms with Crippen LogP contribution in [0.3, 0.4) is 0 Å². The Morgan fingerprint density at radius 3 is 1.26 bits per heavy atom. The van der Waals surface area contributed by atoms with Crippen molar-refractivity contribution in [2.24, 2.45) is 0 Å². The van der Waals surface area contributed by atoms with Crippen molar-refractivity contribution in [2.45, 2.75) is 24.7 Å². The summed E-state index contributed by atoms with van der Waals surface area (Å²) in [6.45, 7) is 4.69. The summed E-state index contributed by atoms with van der Waals surface area (Å²) in [6, 6.07) is 162.